The van der Waals surface area contributed by atoms with Crippen molar-refractivity contribution < 1.29 is 4.74 Å². The second-order valence-corrected chi connectivity index (χ2v) is 5.15. The zero-order chi connectivity index (χ0) is 12.6. The smallest absolute Gasteiger partial charge is 0.0467 e. The third-order valence-electron chi connectivity index (χ3n) is 2.87. The van der Waals surface area contributed by atoms with Crippen molar-refractivity contribution in [1.82, 2.24) is 10.3 Å². The van der Waals surface area contributed by atoms with Gasteiger partial charge in [-0.25, -0.2) is 0 Å². The van der Waals surface area contributed by atoms with Crippen molar-refractivity contribution in [2.75, 3.05) is 26.8 Å². The lowest BCUT2D eigenvalue weighted by molar-refractivity contribution is 0.151. The molecule has 0 atom stereocenters. The quantitative estimate of drug-likeness (QED) is 0.703. The summed E-state index contributed by atoms with van der Waals surface area (Å²) >= 11 is 0. The molecule has 0 spiro atoms. The van der Waals surface area contributed by atoms with Crippen molar-refractivity contribution in [2.45, 2.75) is 26.7 Å². The van der Waals surface area contributed by atoms with Crippen molar-refractivity contribution in [1.29, 1.82) is 0 Å². The number of nitrogens with zero attached hydrogens (tertiary/aromatic N) is 1. The highest BCUT2D eigenvalue weighted by Gasteiger charge is 2.16. The van der Waals surface area contributed by atoms with E-state index in [0.29, 0.717) is 5.41 Å². The van der Waals surface area contributed by atoms with Gasteiger partial charge in [0.25, 0.3) is 0 Å². The van der Waals surface area contributed by atoms with Gasteiger partial charge in [-0.2, -0.15) is 0 Å². The predicted molar refractivity (Wildman–Crippen MR) is 71.1 cm³/mol. The zero-order valence-electron chi connectivity index (χ0n) is 11.2. The number of ether oxygens (including phenoxy) is 1. The van der Waals surface area contributed by atoms with E-state index in [1.54, 1.807) is 7.11 Å². The summed E-state index contributed by atoms with van der Waals surface area (Å²) in [6.07, 6.45) is 3.92. The first-order valence-corrected chi connectivity index (χ1v) is 6.24. The van der Waals surface area contributed by atoms with E-state index in [-0.39, 0.29) is 0 Å². The first-order valence-electron chi connectivity index (χ1n) is 6.24. The summed E-state index contributed by atoms with van der Waals surface area (Å²) in [5.41, 5.74) is 1.44. The lowest BCUT2D eigenvalue weighted by atomic mass is 9.90. The maximum Gasteiger partial charge on any atom is 0.0467 e. The van der Waals surface area contributed by atoms with E-state index in [1.807, 2.05) is 18.3 Å². The first-order chi connectivity index (χ1) is 8.14. The predicted octanol–water partition coefficient (Wildman–Crippen LogP) is 2.28. The van der Waals surface area contributed by atoms with Gasteiger partial charge in [-0.1, -0.05) is 19.9 Å². The Balaban J connectivity index is 2.15. The summed E-state index contributed by atoms with van der Waals surface area (Å²) in [6.45, 7) is 7.35. The number of rotatable bonds is 8. The second kappa shape index (κ2) is 7.41. The zero-order valence-corrected chi connectivity index (χ0v) is 11.2. The molecule has 1 aromatic heterocycles. The van der Waals surface area contributed by atoms with Crippen molar-refractivity contribution >= 4 is 0 Å². The van der Waals surface area contributed by atoms with Crippen LogP contribution < -0.4 is 5.32 Å². The molecule has 17 heavy (non-hydrogen) atoms. The van der Waals surface area contributed by atoms with Crippen LogP contribution in [0.25, 0.3) is 0 Å². The Morgan fingerprint density at radius 3 is 2.82 bits per heavy atom. The molecule has 0 saturated carbocycles. The Hall–Kier alpha value is -0.930. The number of aromatic nitrogens is 1. The Morgan fingerprint density at radius 2 is 2.18 bits per heavy atom. The van der Waals surface area contributed by atoms with E-state index in [9.17, 15) is 0 Å². The minimum atomic E-state index is 0.292. The van der Waals surface area contributed by atoms with Crippen LogP contribution >= 0.6 is 0 Å². The van der Waals surface area contributed by atoms with Gasteiger partial charge in [0.1, 0.15) is 0 Å². The Morgan fingerprint density at radius 1 is 1.35 bits per heavy atom. The maximum atomic E-state index is 5.12. The molecule has 96 valence electrons. The van der Waals surface area contributed by atoms with Crippen molar-refractivity contribution in [2.24, 2.45) is 5.41 Å². The molecule has 3 nitrogen and oxygen atoms in total. The molecular formula is C14H24N2O. The van der Waals surface area contributed by atoms with E-state index >= 15 is 0 Å². The van der Waals surface area contributed by atoms with Gasteiger partial charge in [0.05, 0.1) is 0 Å². The van der Waals surface area contributed by atoms with Crippen LogP contribution in [0, 0.1) is 5.41 Å². The third-order valence-corrected chi connectivity index (χ3v) is 2.87. The Labute approximate surface area is 105 Å². The summed E-state index contributed by atoms with van der Waals surface area (Å²) in [6, 6.07) is 6.05. The van der Waals surface area contributed by atoms with Crippen LogP contribution in [0.4, 0.5) is 0 Å². The van der Waals surface area contributed by atoms with Crippen LogP contribution in [-0.2, 0) is 11.2 Å². The standard InChI is InChI=1S/C14H24N2O/c1-14(2,8-11-17-3)12-15-10-7-13-6-4-5-9-16-13/h4-6,9,15H,7-8,10-12H2,1-3H3. The van der Waals surface area contributed by atoms with Gasteiger partial charge in [0.15, 0.2) is 0 Å². The first kappa shape index (κ1) is 14.1. The molecule has 3 heteroatoms. The normalized spacial score (nSPS) is 11.7. The van der Waals surface area contributed by atoms with E-state index in [0.717, 1.165) is 38.2 Å². The fourth-order valence-corrected chi connectivity index (χ4v) is 1.66. The molecule has 0 unspecified atom stereocenters. The molecule has 0 saturated heterocycles. The highest BCUT2D eigenvalue weighted by molar-refractivity contribution is 5.03. The van der Waals surface area contributed by atoms with Crippen LogP contribution in [0.3, 0.4) is 0 Å². The highest BCUT2D eigenvalue weighted by Crippen LogP contribution is 2.18. The molecule has 0 aliphatic heterocycles. The van der Waals surface area contributed by atoms with Crippen LogP contribution in [0.1, 0.15) is 26.0 Å². The molecule has 1 heterocycles. The highest BCUT2D eigenvalue weighted by atomic mass is 16.5. The number of hydrogen-bond donors (Lipinski definition) is 1. The van der Waals surface area contributed by atoms with E-state index in [1.165, 1.54) is 0 Å². The summed E-state index contributed by atoms with van der Waals surface area (Å²) in [5.74, 6) is 0. The van der Waals surface area contributed by atoms with E-state index < -0.39 is 0 Å². The third kappa shape index (κ3) is 6.39. The van der Waals surface area contributed by atoms with Gasteiger partial charge in [-0.3, -0.25) is 4.98 Å². The van der Waals surface area contributed by atoms with Crippen molar-refractivity contribution in [3.05, 3.63) is 30.1 Å². The average Bonchev–Trinajstić information content (AvgIpc) is 2.34. The summed E-state index contributed by atoms with van der Waals surface area (Å²) in [7, 11) is 1.75. The minimum absolute atomic E-state index is 0.292. The minimum Gasteiger partial charge on any atom is -0.385 e. The van der Waals surface area contributed by atoms with Crippen molar-refractivity contribution in [3.8, 4) is 0 Å². The molecule has 0 bridgehead atoms. The number of nitrogens with one attached hydrogen (secondary N) is 1. The largest absolute Gasteiger partial charge is 0.385 e. The summed E-state index contributed by atoms with van der Waals surface area (Å²) in [4.78, 5) is 4.30. The fraction of sp³-hybridized carbons (Fsp3) is 0.643. The Kier molecular flexibility index (Phi) is 6.16. The van der Waals surface area contributed by atoms with Gasteiger partial charge in [0, 0.05) is 45.1 Å². The number of pyridine rings is 1. The Bertz CT molecular complexity index is 298. The molecule has 1 aromatic rings. The van der Waals surface area contributed by atoms with Crippen LogP contribution in [0.15, 0.2) is 24.4 Å². The van der Waals surface area contributed by atoms with E-state index in [4.69, 9.17) is 4.74 Å². The fourth-order valence-electron chi connectivity index (χ4n) is 1.66. The van der Waals surface area contributed by atoms with E-state index in [2.05, 4.69) is 30.2 Å². The molecule has 0 fully saturated rings. The number of methoxy groups -OCH3 is 1. The lowest BCUT2D eigenvalue weighted by Gasteiger charge is -2.24. The van der Waals surface area contributed by atoms with Gasteiger partial charge in [-0.15, -0.1) is 0 Å². The van der Waals surface area contributed by atoms with Crippen LogP contribution in [0.5, 0.6) is 0 Å². The molecule has 1 N–H and O–H groups in total. The number of hydrogen-bond acceptors (Lipinski definition) is 3. The molecule has 1 rings (SSSR count). The maximum absolute atomic E-state index is 5.12. The van der Waals surface area contributed by atoms with Gasteiger partial charge in [0.2, 0.25) is 0 Å². The second-order valence-electron chi connectivity index (χ2n) is 5.15. The topological polar surface area (TPSA) is 34.1 Å². The van der Waals surface area contributed by atoms with Crippen LogP contribution in [-0.4, -0.2) is 31.8 Å². The molecule has 0 aromatic carbocycles. The molecule has 0 aliphatic carbocycles. The monoisotopic (exact) mass is 236 g/mol. The molecule has 0 radical (unpaired) electrons. The summed E-state index contributed by atoms with van der Waals surface area (Å²) < 4.78 is 5.12. The van der Waals surface area contributed by atoms with Crippen LogP contribution in [0.2, 0.25) is 0 Å². The SMILES string of the molecule is COCCC(C)(C)CNCCc1ccccn1. The van der Waals surface area contributed by atoms with Gasteiger partial charge < -0.3 is 10.1 Å². The molecule has 0 amide bonds. The van der Waals surface area contributed by atoms with Gasteiger partial charge in [-0.05, 0) is 24.0 Å². The average molecular weight is 236 g/mol. The van der Waals surface area contributed by atoms with Gasteiger partial charge >= 0.3 is 0 Å². The molecule has 0 aliphatic rings. The summed E-state index contributed by atoms with van der Waals surface area (Å²) in [5, 5.41) is 3.49. The molecular weight excluding hydrogens is 212 g/mol. The lowest BCUT2D eigenvalue weighted by Crippen LogP contribution is -2.31. The van der Waals surface area contributed by atoms with Crippen molar-refractivity contribution in [3.63, 3.8) is 0 Å².